The van der Waals surface area contributed by atoms with Gasteiger partial charge in [0.05, 0.1) is 0 Å². The monoisotopic (exact) mass is 503 g/mol. The van der Waals surface area contributed by atoms with Crippen molar-refractivity contribution in [2.45, 2.75) is 6.92 Å². The topological polar surface area (TPSA) is 86.1 Å². The molecule has 0 unspecified atom stereocenters. The van der Waals surface area contributed by atoms with Gasteiger partial charge in [-0.2, -0.15) is 0 Å². The highest BCUT2D eigenvalue weighted by atomic mass is 127. The Morgan fingerprint density at radius 3 is 2.54 bits per heavy atom. The maximum absolute atomic E-state index is 12.3. The van der Waals surface area contributed by atoms with Crippen molar-refractivity contribution in [2.75, 3.05) is 58.3 Å². The van der Waals surface area contributed by atoms with Gasteiger partial charge in [0.1, 0.15) is 6.54 Å². The number of aryl methyl sites for hydroxylation is 1. The third-order valence-corrected chi connectivity index (χ3v) is 4.29. The van der Waals surface area contributed by atoms with E-state index < -0.39 is 0 Å². The Kier molecular flexibility index (Phi) is 9.42. The Morgan fingerprint density at radius 1 is 1.32 bits per heavy atom. The summed E-state index contributed by atoms with van der Waals surface area (Å²) in [6.45, 7) is 9.18. The number of halogens is 1. The molecule has 9 nitrogen and oxygen atoms in total. The predicted octanol–water partition coefficient (Wildman–Crippen LogP) is 0.130. The molecule has 1 aromatic heterocycles. The van der Waals surface area contributed by atoms with Gasteiger partial charge in [0, 0.05) is 66.3 Å². The fourth-order valence-electron chi connectivity index (χ4n) is 2.61. The molecule has 1 saturated heterocycles. The van der Waals surface area contributed by atoms with Crippen molar-refractivity contribution in [3.8, 4) is 0 Å². The number of hydrogen-bond donors (Lipinski definition) is 1. The van der Waals surface area contributed by atoms with E-state index in [1.165, 1.54) is 9.47 Å². The first-order chi connectivity index (χ1) is 12.8. The molecule has 1 N–H and O–H groups in total. The average molecular weight is 503 g/mol. The molecule has 2 heterocycles. The van der Waals surface area contributed by atoms with Crippen LogP contribution in [0.25, 0.3) is 0 Å². The minimum Gasteiger partial charge on any atom is -0.352 e. The van der Waals surface area contributed by atoms with Crippen LogP contribution in [0.1, 0.15) is 6.92 Å². The van der Waals surface area contributed by atoms with E-state index in [0.29, 0.717) is 44.5 Å². The zero-order valence-corrected chi connectivity index (χ0v) is 19.3. The number of carbonyl (C=O) groups excluding carboxylic acids is 1. The Labute approximate surface area is 183 Å². The minimum atomic E-state index is -0.100. The van der Waals surface area contributed by atoms with Gasteiger partial charge in [-0.05, 0) is 6.92 Å². The SMILES string of the molecule is C=C(C)CNC(=NCC(=O)N(C)C)N1CCN(c2nccn(C)c2=O)CC1.I. The largest absolute Gasteiger partial charge is 0.352 e. The number of aliphatic imine (C=N–C) groups is 1. The molecule has 1 aromatic rings. The number of guanidine groups is 1. The first-order valence-electron chi connectivity index (χ1n) is 8.94. The molecule has 0 atom stereocenters. The highest BCUT2D eigenvalue weighted by molar-refractivity contribution is 14.0. The van der Waals surface area contributed by atoms with E-state index >= 15 is 0 Å². The standard InChI is InChI=1S/C18H29N7O2.HI/c1-14(2)12-20-18(21-13-15(26)22(3)4)25-10-8-24(9-11-25)16-17(27)23(5)7-6-19-16;/h6-7H,1,8-13H2,2-5H3,(H,20,21);1H. The number of nitrogens with one attached hydrogen (secondary N) is 1. The zero-order chi connectivity index (χ0) is 20.0. The van der Waals surface area contributed by atoms with Gasteiger partial charge in [0.2, 0.25) is 5.91 Å². The predicted molar refractivity (Wildman–Crippen MR) is 122 cm³/mol. The van der Waals surface area contributed by atoms with Crippen LogP contribution in [-0.2, 0) is 11.8 Å². The van der Waals surface area contributed by atoms with Crippen molar-refractivity contribution in [3.05, 3.63) is 34.9 Å². The lowest BCUT2D eigenvalue weighted by atomic mass is 10.3. The fourth-order valence-corrected chi connectivity index (χ4v) is 2.61. The van der Waals surface area contributed by atoms with Crippen LogP contribution in [0.2, 0.25) is 0 Å². The first-order valence-corrected chi connectivity index (χ1v) is 8.94. The van der Waals surface area contributed by atoms with Crippen LogP contribution in [0.3, 0.4) is 0 Å². The molecule has 2 rings (SSSR count). The molecule has 1 amide bonds. The van der Waals surface area contributed by atoms with E-state index in [2.05, 4.69) is 26.8 Å². The smallest absolute Gasteiger partial charge is 0.293 e. The summed E-state index contributed by atoms with van der Waals surface area (Å²) in [5, 5.41) is 3.26. The number of likely N-dealkylation sites (N-methyl/N-ethyl adjacent to an activating group) is 1. The van der Waals surface area contributed by atoms with Gasteiger partial charge in [-0.25, -0.2) is 9.98 Å². The van der Waals surface area contributed by atoms with Crippen molar-refractivity contribution >= 4 is 41.7 Å². The van der Waals surface area contributed by atoms with Crippen LogP contribution in [0.4, 0.5) is 5.82 Å². The lowest BCUT2D eigenvalue weighted by Crippen LogP contribution is -2.54. The molecule has 0 aliphatic carbocycles. The van der Waals surface area contributed by atoms with Crippen molar-refractivity contribution in [3.63, 3.8) is 0 Å². The lowest BCUT2D eigenvalue weighted by Gasteiger charge is -2.36. The lowest BCUT2D eigenvalue weighted by molar-refractivity contribution is -0.127. The molecular weight excluding hydrogens is 473 g/mol. The van der Waals surface area contributed by atoms with Crippen molar-refractivity contribution in [1.29, 1.82) is 0 Å². The number of amides is 1. The Hall–Kier alpha value is -2.11. The van der Waals surface area contributed by atoms with Crippen LogP contribution < -0.4 is 15.8 Å². The van der Waals surface area contributed by atoms with Gasteiger partial charge < -0.3 is 24.6 Å². The molecule has 0 spiro atoms. The number of nitrogens with zero attached hydrogens (tertiary/aromatic N) is 6. The van der Waals surface area contributed by atoms with Gasteiger partial charge in [0.15, 0.2) is 11.8 Å². The Bertz CT molecular complexity index is 767. The van der Waals surface area contributed by atoms with E-state index in [9.17, 15) is 9.59 Å². The summed E-state index contributed by atoms with van der Waals surface area (Å²) in [6.07, 6.45) is 3.29. The molecular formula is C18H30IN7O2. The summed E-state index contributed by atoms with van der Waals surface area (Å²) in [5.74, 6) is 1.10. The van der Waals surface area contributed by atoms with Crippen LogP contribution >= 0.6 is 24.0 Å². The number of piperazine rings is 1. The van der Waals surface area contributed by atoms with Crippen molar-refractivity contribution in [1.82, 2.24) is 24.7 Å². The van der Waals surface area contributed by atoms with Crippen LogP contribution in [0.5, 0.6) is 0 Å². The normalized spacial score (nSPS) is 14.4. The number of anilines is 1. The first kappa shape index (κ1) is 23.9. The van der Waals surface area contributed by atoms with Crippen molar-refractivity contribution in [2.24, 2.45) is 12.0 Å². The highest BCUT2D eigenvalue weighted by Gasteiger charge is 2.22. The van der Waals surface area contributed by atoms with Gasteiger partial charge in [-0.15, -0.1) is 24.0 Å². The van der Waals surface area contributed by atoms with E-state index in [1.54, 1.807) is 33.5 Å². The molecule has 1 fully saturated rings. The Morgan fingerprint density at radius 2 is 1.96 bits per heavy atom. The fraction of sp³-hybridized carbons (Fsp3) is 0.556. The quantitative estimate of drug-likeness (QED) is 0.266. The third-order valence-electron chi connectivity index (χ3n) is 4.29. The van der Waals surface area contributed by atoms with Crippen LogP contribution in [0, 0.1) is 0 Å². The maximum Gasteiger partial charge on any atom is 0.293 e. The van der Waals surface area contributed by atoms with Gasteiger partial charge in [-0.3, -0.25) is 9.59 Å². The Balaban J connectivity index is 0.00000392. The summed E-state index contributed by atoms with van der Waals surface area (Å²) in [5.41, 5.74) is 0.883. The van der Waals surface area contributed by atoms with E-state index in [-0.39, 0.29) is 42.0 Å². The molecule has 0 aromatic carbocycles. The summed E-state index contributed by atoms with van der Waals surface area (Å²) in [7, 11) is 5.15. The number of rotatable bonds is 5. The molecule has 10 heteroatoms. The minimum absolute atomic E-state index is 0. The summed E-state index contributed by atoms with van der Waals surface area (Å²) < 4.78 is 1.53. The number of aromatic nitrogens is 2. The molecule has 1 aliphatic rings. The summed E-state index contributed by atoms with van der Waals surface area (Å²) >= 11 is 0. The van der Waals surface area contributed by atoms with E-state index in [4.69, 9.17) is 0 Å². The second-order valence-corrected chi connectivity index (χ2v) is 6.88. The molecule has 0 saturated carbocycles. The van der Waals surface area contributed by atoms with E-state index in [1.807, 2.05) is 11.8 Å². The van der Waals surface area contributed by atoms with Gasteiger partial charge in [0.25, 0.3) is 5.56 Å². The van der Waals surface area contributed by atoms with Gasteiger partial charge in [-0.1, -0.05) is 12.2 Å². The zero-order valence-electron chi connectivity index (χ0n) is 17.0. The number of carbonyl (C=O) groups is 1. The number of hydrogen-bond acceptors (Lipinski definition) is 5. The molecule has 0 radical (unpaired) electrons. The third kappa shape index (κ3) is 6.50. The van der Waals surface area contributed by atoms with Crippen molar-refractivity contribution < 1.29 is 4.79 Å². The molecule has 28 heavy (non-hydrogen) atoms. The average Bonchev–Trinajstić information content (AvgIpc) is 2.64. The summed E-state index contributed by atoms with van der Waals surface area (Å²) in [4.78, 5) is 38.4. The van der Waals surface area contributed by atoms with E-state index in [0.717, 1.165) is 5.57 Å². The maximum atomic E-state index is 12.3. The second kappa shape index (κ2) is 11.0. The summed E-state index contributed by atoms with van der Waals surface area (Å²) in [6, 6.07) is 0. The second-order valence-electron chi connectivity index (χ2n) is 6.88. The molecule has 1 aliphatic heterocycles. The van der Waals surface area contributed by atoms with Gasteiger partial charge >= 0.3 is 0 Å². The highest BCUT2D eigenvalue weighted by Crippen LogP contribution is 2.09. The molecule has 156 valence electrons. The van der Waals surface area contributed by atoms with Crippen LogP contribution in [-0.4, -0.2) is 84.6 Å². The van der Waals surface area contributed by atoms with Crippen LogP contribution in [0.15, 0.2) is 34.3 Å². The molecule has 0 bridgehead atoms.